The highest BCUT2D eigenvalue weighted by Crippen LogP contribution is 2.29. The molecule has 0 aromatic heterocycles. The van der Waals surface area contributed by atoms with Crippen LogP contribution in [0.25, 0.3) is 0 Å². The SMILES string of the molecule is CSc1ccc(C(C)Nc2ccc(N(C)C)c(Cl)c2)cc1. The van der Waals surface area contributed by atoms with Crippen molar-refractivity contribution in [1.82, 2.24) is 0 Å². The third-order valence-corrected chi connectivity index (χ3v) is 4.47. The second-order valence-corrected chi connectivity index (χ2v) is 6.49. The molecule has 0 spiro atoms. The lowest BCUT2D eigenvalue weighted by molar-refractivity contribution is 0.883. The molecule has 1 N–H and O–H groups in total. The van der Waals surface area contributed by atoms with E-state index >= 15 is 0 Å². The van der Waals surface area contributed by atoms with Gasteiger partial charge in [-0.05, 0) is 49.1 Å². The maximum absolute atomic E-state index is 6.31. The first kappa shape index (κ1) is 16.1. The summed E-state index contributed by atoms with van der Waals surface area (Å²) < 4.78 is 0. The van der Waals surface area contributed by atoms with Crippen LogP contribution in [0.3, 0.4) is 0 Å². The van der Waals surface area contributed by atoms with Gasteiger partial charge in [-0.3, -0.25) is 0 Å². The van der Waals surface area contributed by atoms with E-state index < -0.39 is 0 Å². The standard InChI is InChI=1S/C17H21ClN2S/c1-12(13-5-8-15(21-4)9-6-13)19-14-7-10-17(20(2)3)16(18)11-14/h5-12,19H,1-4H3. The van der Waals surface area contributed by atoms with Crippen molar-refractivity contribution in [3.63, 3.8) is 0 Å². The van der Waals surface area contributed by atoms with Crippen molar-refractivity contribution < 1.29 is 0 Å². The summed E-state index contributed by atoms with van der Waals surface area (Å²) in [6.07, 6.45) is 2.09. The number of nitrogens with one attached hydrogen (secondary N) is 1. The van der Waals surface area contributed by atoms with Crippen LogP contribution in [0.5, 0.6) is 0 Å². The number of hydrogen-bond acceptors (Lipinski definition) is 3. The first-order valence-electron chi connectivity index (χ1n) is 6.88. The van der Waals surface area contributed by atoms with Crippen LogP contribution in [0.2, 0.25) is 5.02 Å². The van der Waals surface area contributed by atoms with Gasteiger partial charge in [0.25, 0.3) is 0 Å². The van der Waals surface area contributed by atoms with Gasteiger partial charge in [0, 0.05) is 30.7 Å². The smallest absolute Gasteiger partial charge is 0.0659 e. The molecule has 2 aromatic carbocycles. The van der Waals surface area contributed by atoms with Crippen LogP contribution in [0, 0.1) is 0 Å². The summed E-state index contributed by atoms with van der Waals surface area (Å²) in [6.45, 7) is 2.15. The summed E-state index contributed by atoms with van der Waals surface area (Å²) in [4.78, 5) is 3.29. The number of nitrogens with zero attached hydrogens (tertiary/aromatic N) is 1. The van der Waals surface area contributed by atoms with E-state index in [1.54, 1.807) is 11.8 Å². The van der Waals surface area contributed by atoms with Crippen molar-refractivity contribution in [3.05, 3.63) is 53.1 Å². The van der Waals surface area contributed by atoms with Crippen LogP contribution in [-0.2, 0) is 0 Å². The fourth-order valence-electron chi connectivity index (χ4n) is 2.19. The predicted octanol–water partition coefficient (Wildman–Crippen LogP) is 5.30. The predicted molar refractivity (Wildman–Crippen MR) is 96.0 cm³/mol. The number of thioether (sulfide) groups is 1. The van der Waals surface area contributed by atoms with E-state index in [-0.39, 0.29) is 6.04 Å². The van der Waals surface area contributed by atoms with E-state index in [4.69, 9.17) is 11.6 Å². The van der Waals surface area contributed by atoms with Crippen molar-refractivity contribution in [3.8, 4) is 0 Å². The van der Waals surface area contributed by atoms with Gasteiger partial charge in [0.1, 0.15) is 0 Å². The van der Waals surface area contributed by atoms with Crippen molar-refractivity contribution in [2.75, 3.05) is 30.6 Å². The molecule has 0 bridgehead atoms. The van der Waals surface area contributed by atoms with Gasteiger partial charge in [-0.25, -0.2) is 0 Å². The van der Waals surface area contributed by atoms with Crippen molar-refractivity contribution in [2.24, 2.45) is 0 Å². The molecule has 1 atom stereocenters. The zero-order valence-electron chi connectivity index (χ0n) is 12.9. The topological polar surface area (TPSA) is 15.3 Å². The van der Waals surface area contributed by atoms with E-state index in [1.807, 2.05) is 31.1 Å². The fourth-order valence-corrected chi connectivity index (χ4v) is 2.94. The Morgan fingerprint density at radius 3 is 2.29 bits per heavy atom. The third kappa shape index (κ3) is 4.08. The van der Waals surface area contributed by atoms with E-state index in [2.05, 4.69) is 48.8 Å². The summed E-state index contributed by atoms with van der Waals surface area (Å²) in [5, 5.41) is 4.25. The molecule has 0 aliphatic heterocycles. The Morgan fingerprint density at radius 1 is 1.10 bits per heavy atom. The summed E-state index contributed by atoms with van der Waals surface area (Å²) in [7, 11) is 3.98. The Balaban J connectivity index is 2.11. The molecule has 2 nitrogen and oxygen atoms in total. The lowest BCUT2D eigenvalue weighted by atomic mass is 10.1. The molecule has 0 radical (unpaired) electrons. The third-order valence-electron chi connectivity index (χ3n) is 3.43. The zero-order valence-corrected chi connectivity index (χ0v) is 14.4. The summed E-state index contributed by atoms with van der Waals surface area (Å²) in [5.41, 5.74) is 3.33. The molecular formula is C17H21ClN2S. The second-order valence-electron chi connectivity index (χ2n) is 5.20. The van der Waals surface area contributed by atoms with E-state index in [1.165, 1.54) is 10.5 Å². The summed E-state index contributed by atoms with van der Waals surface area (Å²) in [5.74, 6) is 0. The average molecular weight is 321 g/mol. The Labute approximate surface area is 136 Å². The molecule has 0 aliphatic rings. The van der Waals surface area contributed by atoms with Gasteiger partial charge >= 0.3 is 0 Å². The number of anilines is 2. The number of hydrogen-bond donors (Lipinski definition) is 1. The highest BCUT2D eigenvalue weighted by atomic mass is 35.5. The van der Waals surface area contributed by atoms with Crippen LogP contribution < -0.4 is 10.2 Å². The fraction of sp³-hybridized carbons (Fsp3) is 0.294. The van der Waals surface area contributed by atoms with Crippen molar-refractivity contribution in [2.45, 2.75) is 17.9 Å². The van der Waals surface area contributed by atoms with E-state index in [0.717, 1.165) is 16.4 Å². The molecule has 0 saturated carbocycles. The number of rotatable bonds is 5. The Kier molecular flexibility index (Phi) is 5.43. The second kappa shape index (κ2) is 7.10. The molecule has 2 rings (SSSR count). The Morgan fingerprint density at radius 2 is 1.76 bits per heavy atom. The van der Waals surface area contributed by atoms with Gasteiger partial charge in [-0.1, -0.05) is 23.7 Å². The molecule has 1 unspecified atom stereocenters. The van der Waals surface area contributed by atoms with Gasteiger partial charge in [0.2, 0.25) is 0 Å². The van der Waals surface area contributed by atoms with Gasteiger partial charge in [-0.2, -0.15) is 0 Å². The molecule has 2 aromatic rings. The molecule has 0 heterocycles. The van der Waals surface area contributed by atoms with Crippen LogP contribution in [0.15, 0.2) is 47.4 Å². The van der Waals surface area contributed by atoms with Crippen LogP contribution in [-0.4, -0.2) is 20.4 Å². The maximum Gasteiger partial charge on any atom is 0.0659 e. The minimum absolute atomic E-state index is 0.238. The molecule has 21 heavy (non-hydrogen) atoms. The van der Waals surface area contributed by atoms with E-state index in [0.29, 0.717) is 0 Å². The minimum atomic E-state index is 0.238. The molecule has 112 valence electrons. The van der Waals surface area contributed by atoms with Gasteiger partial charge in [0.05, 0.1) is 10.7 Å². The lowest BCUT2D eigenvalue weighted by Crippen LogP contribution is -2.10. The molecule has 0 aliphatic carbocycles. The molecular weight excluding hydrogens is 300 g/mol. The normalized spacial score (nSPS) is 12.0. The molecule has 4 heteroatoms. The minimum Gasteiger partial charge on any atom is -0.378 e. The van der Waals surface area contributed by atoms with Crippen LogP contribution in [0.1, 0.15) is 18.5 Å². The van der Waals surface area contributed by atoms with Crippen LogP contribution >= 0.6 is 23.4 Å². The summed E-state index contributed by atoms with van der Waals surface area (Å²) in [6, 6.07) is 15.0. The van der Waals surface area contributed by atoms with Crippen molar-refractivity contribution >= 4 is 34.7 Å². The maximum atomic E-state index is 6.31. The number of halogens is 1. The van der Waals surface area contributed by atoms with Gasteiger partial charge in [-0.15, -0.1) is 11.8 Å². The quantitative estimate of drug-likeness (QED) is 0.752. The molecule has 0 fully saturated rings. The lowest BCUT2D eigenvalue weighted by Gasteiger charge is -2.19. The highest BCUT2D eigenvalue weighted by Gasteiger charge is 2.08. The number of benzene rings is 2. The van der Waals surface area contributed by atoms with E-state index in [9.17, 15) is 0 Å². The average Bonchev–Trinajstić information content (AvgIpc) is 2.47. The van der Waals surface area contributed by atoms with Gasteiger partial charge < -0.3 is 10.2 Å². The Bertz CT molecular complexity index is 596. The summed E-state index contributed by atoms with van der Waals surface area (Å²) >= 11 is 8.07. The monoisotopic (exact) mass is 320 g/mol. The Hall–Kier alpha value is -1.32. The zero-order chi connectivity index (χ0) is 15.4. The van der Waals surface area contributed by atoms with Gasteiger partial charge in [0.15, 0.2) is 0 Å². The molecule has 0 amide bonds. The largest absolute Gasteiger partial charge is 0.378 e. The molecule has 0 saturated heterocycles. The van der Waals surface area contributed by atoms with Crippen molar-refractivity contribution in [1.29, 1.82) is 0 Å². The first-order valence-corrected chi connectivity index (χ1v) is 8.49. The highest BCUT2D eigenvalue weighted by molar-refractivity contribution is 7.98. The van der Waals surface area contributed by atoms with Crippen LogP contribution in [0.4, 0.5) is 11.4 Å². The first-order chi connectivity index (χ1) is 10.0.